The number of para-hydroxylation sites is 1. The fraction of sp³-hybridized carbons (Fsp3) is 0.200. The van der Waals surface area contributed by atoms with Crippen LogP contribution in [0.25, 0.3) is 11.0 Å². The predicted octanol–water partition coefficient (Wildman–Crippen LogP) is 2.45. The van der Waals surface area contributed by atoms with Crippen molar-refractivity contribution in [2.45, 2.75) is 6.54 Å². The summed E-state index contributed by atoms with van der Waals surface area (Å²) in [7, 11) is 3.23. The van der Waals surface area contributed by atoms with Crippen molar-refractivity contribution in [1.82, 2.24) is 14.9 Å². The van der Waals surface area contributed by atoms with Crippen molar-refractivity contribution in [2.75, 3.05) is 20.8 Å². The van der Waals surface area contributed by atoms with E-state index in [1.807, 2.05) is 24.3 Å². The first kappa shape index (κ1) is 18.3. The number of nitrogens with zero attached hydrogens (tertiary/aromatic N) is 3. The second kappa shape index (κ2) is 8.27. The highest BCUT2D eigenvalue weighted by Gasteiger charge is 2.15. The Bertz CT molecular complexity index is 974. The van der Waals surface area contributed by atoms with Gasteiger partial charge in [0.1, 0.15) is 5.75 Å². The zero-order chi connectivity index (χ0) is 19.2. The molecular formula is C20H19N3O4. The molecule has 0 atom stereocenters. The lowest BCUT2D eigenvalue weighted by atomic mass is 10.2. The van der Waals surface area contributed by atoms with Gasteiger partial charge in [0.25, 0.3) is 5.91 Å². The van der Waals surface area contributed by atoms with Crippen molar-refractivity contribution in [1.29, 1.82) is 0 Å². The summed E-state index contributed by atoms with van der Waals surface area (Å²) < 4.78 is 10.4. The molecule has 0 fully saturated rings. The van der Waals surface area contributed by atoms with E-state index in [-0.39, 0.29) is 12.5 Å². The molecule has 1 heterocycles. The molecule has 0 aliphatic heterocycles. The molecule has 1 aromatic heterocycles. The van der Waals surface area contributed by atoms with E-state index in [0.29, 0.717) is 28.9 Å². The van der Waals surface area contributed by atoms with Gasteiger partial charge in [-0.1, -0.05) is 18.2 Å². The lowest BCUT2D eigenvalue weighted by molar-refractivity contribution is -0.133. The molecule has 0 saturated carbocycles. The van der Waals surface area contributed by atoms with Crippen LogP contribution < -0.4 is 4.74 Å². The molecule has 0 N–H and O–H groups in total. The predicted molar refractivity (Wildman–Crippen MR) is 99.3 cm³/mol. The standard InChI is InChI=1S/C20H19N3O4/c1-23(12-15-5-3-4-6-18(15)26-2)19(24)13-27-20(25)14-7-8-16-17(11-14)22-10-9-21-16/h3-11H,12-13H2,1-2H3. The highest BCUT2D eigenvalue weighted by molar-refractivity contribution is 5.94. The number of amides is 1. The third-order valence-corrected chi connectivity index (χ3v) is 4.06. The Morgan fingerprint density at radius 1 is 1.04 bits per heavy atom. The first-order valence-electron chi connectivity index (χ1n) is 8.32. The molecule has 3 rings (SSSR count). The molecular weight excluding hydrogens is 346 g/mol. The molecule has 0 unspecified atom stereocenters. The number of fused-ring (bicyclic) bond motifs is 1. The summed E-state index contributed by atoms with van der Waals surface area (Å²) in [6.07, 6.45) is 3.13. The van der Waals surface area contributed by atoms with E-state index in [9.17, 15) is 9.59 Å². The number of rotatable bonds is 6. The lowest BCUT2D eigenvalue weighted by Crippen LogP contribution is -2.31. The number of aromatic nitrogens is 2. The average Bonchev–Trinajstić information content (AvgIpc) is 2.71. The van der Waals surface area contributed by atoms with Gasteiger partial charge in [0.15, 0.2) is 6.61 Å². The normalized spacial score (nSPS) is 10.4. The number of benzene rings is 2. The SMILES string of the molecule is COc1ccccc1CN(C)C(=O)COC(=O)c1ccc2nccnc2c1. The zero-order valence-corrected chi connectivity index (χ0v) is 15.1. The van der Waals surface area contributed by atoms with Crippen LogP contribution in [0.1, 0.15) is 15.9 Å². The fourth-order valence-electron chi connectivity index (χ4n) is 2.59. The third-order valence-electron chi connectivity index (χ3n) is 4.06. The third kappa shape index (κ3) is 4.38. The topological polar surface area (TPSA) is 81.6 Å². The summed E-state index contributed by atoms with van der Waals surface area (Å²) in [5.41, 5.74) is 2.46. The van der Waals surface area contributed by atoms with Gasteiger partial charge < -0.3 is 14.4 Å². The number of hydrogen-bond acceptors (Lipinski definition) is 6. The molecule has 27 heavy (non-hydrogen) atoms. The molecule has 0 spiro atoms. The summed E-state index contributed by atoms with van der Waals surface area (Å²) in [6.45, 7) is 0.00888. The fourth-order valence-corrected chi connectivity index (χ4v) is 2.59. The van der Waals surface area contributed by atoms with Gasteiger partial charge in [-0.25, -0.2) is 4.79 Å². The van der Waals surface area contributed by atoms with Crippen LogP contribution in [0.5, 0.6) is 5.75 Å². The first-order valence-corrected chi connectivity index (χ1v) is 8.32. The number of methoxy groups -OCH3 is 1. The minimum atomic E-state index is -0.582. The van der Waals surface area contributed by atoms with E-state index < -0.39 is 5.97 Å². The summed E-state index contributed by atoms with van der Waals surface area (Å²) in [5.74, 6) is -0.192. The van der Waals surface area contributed by atoms with Crippen LogP contribution in [0.2, 0.25) is 0 Å². The van der Waals surface area contributed by atoms with Crippen LogP contribution >= 0.6 is 0 Å². The maximum absolute atomic E-state index is 12.3. The Balaban J connectivity index is 1.59. The van der Waals surface area contributed by atoms with Crippen molar-refractivity contribution in [3.8, 4) is 5.75 Å². The molecule has 1 amide bonds. The van der Waals surface area contributed by atoms with Gasteiger partial charge in [-0.2, -0.15) is 0 Å². The van der Waals surface area contributed by atoms with Crippen molar-refractivity contribution in [2.24, 2.45) is 0 Å². The van der Waals surface area contributed by atoms with E-state index in [1.54, 1.807) is 44.8 Å². The van der Waals surface area contributed by atoms with Crippen molar-refractivity contribution < 1.29 is 19.1 Å². The van der Waals surface area contributed by atoms with Crippen LogP contribution in [0.15, 0.2) is 54.9 Å². The van der Waals surface area contributed by atoms with Crippen molar-refractivity contribution in [3.63, 3.8) is 0 Å². The molecule has 0 bridgehead atoms. The van der Waals surface area contributed by atoms with Crippen molar-refractivity contribution >= 4 is 22.9 Å². The Morgan fingerprint density at radius 2 is 1.78 bits per heavy atom. The maximum atomic E-state index is 12.3. The largest absolute Gasteiger partial charge is 0.496 e. The number of hydrogen-bond donors (Lipinski definition) is 0. The molecule has 3 aromatic rings. The zero-order valence-electron chi connectivity index (χ0n) is 15.1. The van der Waals surface area contributed by atoms with Crippen LogP contribution in [-0.4, -0.2) is 47.5 Å². The van der Waals surface area contributed by atoms with E-state index >= 15 is 0 Å². The molecule has 0 radical (unpaired) electrons. The van der Waals surface area contributed by atoms with Crippen LogP contribution in [-0.2, 0) is 16.1 Å². The Kier molecular flexibility index (Phi) is 5.61. The molecule has 0 saturated heterocycles. The van der Waals surface area contributed by atoms with Gasteiger partial charge >= 0.3 is 5.97 Å². The number of carbonyl (C=O) groups excluding carboxylic acids is 2. The summed E-state index contributed by atoms with van der Waals surface area (Å²) >= 11 is 0. The second-order valence-corrected chi connectivity index (χ2v) is 5.90. The average molecular weight is 365 g/mol. The van der Waals surface area contributed by atoms with Crippen LogP contribution in [0.4, 0.5) is 0 Å². The van der Waals surface area contributed by atoms with Crippen molar-refractivity contribution in [3.05, 3.63) is 66.0 Å². The Hall–Kier alpha value is -3.48. The molecule has 2 aromatic carbocycles. The van der Waals surface area contributed by atoms with Gasteiger partial charge in [0, 0.05) is 31.5 Å². The quantitative estimate of drug-likeness (QED) is 0.624. The number of likely N-dealkylation sites (N-methyl/N-ethyl adjacent to an activating group) is 1. The Labute approximate surface area is 156 Å². The van der Waals surface area contributed by atoms with Gasteiger partial charge in [0.2, 0.25) is 0 Å². The maximum Gasteiger partial charge on any atom is 0.338 e. The van der Waals surface area contributed by atoms with E-state index in [1.165, 1.54) is 4.90 Å². The monoisotopic (exact) mass is 365 g/mol. The van der Waals surface area contributed by atoms with Crippen LogP contribution in [0.3, 0.4) is 0 Å². The number of esters is 1. The Morgan fingerprint density at radius 3 is 2.56 bits per heavy atom. The van der Waals surface area contributed by atoms with Gasteiger partial charge in [-0.15, -0.1) is 0 Å². The van der Waals surface area contributed by atoms with E-state index in [4.69, 9.17) is 9.47 Å². The molecule has 138 valence electrons. The molecule has 0 aliphatic carbocycles. The minimum absolute atomic E-state index is 0.310. The van der Waals surface area contributed by atoms with E-state index in [0.717, 1.165) is 5.56 Å². The van der Waals surface area contributed by atoms with Gasteiger partial charge in [0.05, 0.1) is 23.7 Å². The highest BCUT2D eigenvalue weighted by Crippen LogP contribution is 2.19. The van der Waals surface area contributed by atoms with E-state index in [2.05, 4.69) is 9.97 Å². The molecule has 7 heteroatoms. The number of carbonyl (C=O) groups is 2. The van der Waals surface area contributed by atoms with Crippen LogP contribution in [0, 0.1) is 0 Å². The summed E-state index contributed by atoms with van der Waals surface area (Å²) in [4.78, 5) is 34.3. The second-order valence-electron chi connectivity index (χ2n) is 5.90. The first-order chi connectivity index (χ1) is 13.1. The summed E-state index contributed by atoms with van der Waals surface area (Å²) in [6, 6.07) is 12.3. The highest BCUT2D eigenvalue weighted by atomic mass is 16.5. The van der Waals surface area contributed by atoms with Gasteiger partial charge in [-0.3, -0.25) is 14.8 Å². The smallest absolute Gasteiger partial charge is 0.338 e. The lowest BCUT2D eigenvalue weighted by Gasteiger charge is -2.18. The number of ether oxygens (including phenoxy) is 2. The summed E-state index contributed by atoms with van der Waals surface area (Å²) in [5, 5.41) is 0. The minimum Gasteiger partial charge on any atom is -0.496 e. The molecule has 7 nitrogen and oxygen atoms in total. The molecule has 0 aliphatic rings. The van der Waals surface area contributed by atoms with Gasteiger partial charge in [-0.05, 0) is 24.3 Å².